The summed E-state index contributed by atoms with van der Waals surface area (Å²) in [4.78, 5) is 22.8. The van der Waals surface area contributed by atoms with E-state index in [9.17, 15) is 14.7 Å². The molecule has 0 bridgehead atoms. The number of carboxylic acid groups (broad SMARTS) is 1. The number of benzene rings is 1. The number of unbranched alkanes of at least 4 members (excludes halogenated alkanes) is 5. The molecule has 1 rings (SSSR count). The molecule has 0 spiro atoms. The van der Waals surface area contributed by atoms with Gasteiger partial charge in [-0.05, 0) is 18.6 Å². The second kappa shape index (κ2) is 12.1. The van der Waals surface area contributed by atoms with Gasteiger partial charge in [-0.1, -0.05) is 46.0 Å². The van der Waals surface area contributed by atoms with Crippen molar-refractivity contribution in [2.24, 2.45) is 0 Å². The van der Waals surface area contributed by atoms with Crippen LogP contribution in [0, 0.1) is 0 Å². The van der Waals surface area contributed by atoms with E-state index in [2.05, 4.69) is 12.2 Å². The number of anilines is 1. The van der Waals surface area contributed by atoms with Crippen molar-refractivity contribution in [2.75, 3.05) is 11.9 Å². The fourth-order valence-electron chi connectivity index (χ4n) is 2.39. The van der Waals surface area contributed by atoms with Crippen molar-refractivity contribution in [3.8, 4) is 5.75 Å². The van der Waals surface area contributed by atoms with Crippen LogP contribution in [0.25, 0.3) is 0 Å². The van der Waals surface area contributed by atoms with E-state index in [1.54, 1.807) is 0 Å². The summed E-state index contributed by atoms with van der Waals surface area (Å²) in [6.45, 7) is 4.57. The molecular weight excluding hydrogens is 338 g/mol. The Kier molecular flexibility index (Phi) is 10.2. The summed E-state index contributed by atoms with van der Waals surface area (Å²) < 4.78 is 10.8. The monoisotopic (exact) mass is 367 g/mol. The third-order valence-corrected chi connectivity index (χ3v) is 3.85. The highest BCUT2D eigenvalue weighted by Gasteiger charge is 2.15. The Labute approximate surface area is 154 Å². The van der Waals surface area contributed by atoms with Gasteiger partial charge in [0, 0.05) is 18.2 Å². The SMILES string of the molecule is CCCCCCCCOC(CC)OC(=O)Nc1ccc(C(=O)O)c(O)c1. The molecule has 0 aliphatic heterocycles. The number of phenols is 1. The summed E-state index contributed by atoms with van der Waals surface area (Å²) in [7, 11) is 0. The van der Waals surface area contributed by atoms with Crippen LogP contribution in [0.1, 0.15) is 69.2 Å². The van der Waals surface area contributed by atoms with E-state index in [0.717, 1.165) is 18.9 Å². The maximum absolute atomic E-state index is 11.9. The van der Waals surface area contributed by atoms with Crippen LogP contribution in [0.3, 0.4) is 0 Å². The fourth-order valence-corrected chi connectivity index (χ4v) is 2.39. The molecule has 7 nitrogen and oxygen atoms in total. The van der Waals surface area contributed by atoms with Crippen LogP contribution >= 0.6 is 0 Å². The van der Waals surface area contributed by atoms with Crippen molar-refractivity contribution in [1.29, 1.82) is 0 Å². The third kappa shape index (κ3) is 8.20. The van der Waals surface area contributed by atoms with Crippen LogP contribution in [0.4, 0.5) is 10.5 Å². The molecule has 1 atom stereocenters. The predicted molar refractivity (Wildman–Crippen MR) is 98.6 cm³/mol. The molecule has 7 heteroatoms. The summed E-state index contributed by atoms with van der Waals surface area (Å²) >= 11 is 0. The first-order valence-electron chi connectivity index (χ1n) is 9.13. The van der Waals surface area contributed by atoms with Gasteiger partial charge in [0.1, 0.15) is 11.3 Å². The van der Waals surface area contributed by atoms with Gasteiger partial charge in [-0.25, -0.2) is 9.59 Å². The van der Waals surface area contributed by atoms with Gasteiger partial charge in [0.2, 0.25) is 6.29 Å². The first-order chi connectivity index (χ1) is 12.5. The van der Waals surface area contributed by atoms with Crippen LogP contribution in [0.15, 0.2) is 18.2 Å². The average molecular weight is 367 g/mol. The molecule has 1 aromatic carbocycles. The highest BCUT2D eigenvalue weighted by molar-refractivity contribution is 5.92. The van der Waals surface area contributed by atoms with Crippen LogP contribution in [-0.4, -0.2) is 35.2 Å². The number of aromatic hydroxyl groups is 1. The summed E-state index contributed by atoms with van der Waals surface area (Å²) in [6, 6.07) is 3.74. The van der Waals surface area contributed by atoms with Crippen molar-refractivity contribution in [1.82, 2.24) is 0 Å². The molecule has 0 heterocycles. The smallest absolute Gasteiger partial charge is 0.413 e. The quantitative estimate of drug-likeness (QED) is 0.364. The molecule has 1 aromatic rings. The Balaban J connectivity index is 2.35. The van der Waals surface area contributed by atoms with Gasteiger partial charge in [0.15, 0.2) is 0 Å². The first-order valence-corrected chi connectivity index (χ1v) is 9.13. The van der Waals surface area contributed by atoms with Gasteiger partial charge in [-0.2, -0.15) is 0 Å². The highest BCUT2D eigenvalue weighted by Crippen LogP contribution is 2.22. The third-order valence-electron chi connectivity index (χ3n) is 3.85. The molecule has 0 radical (unpaired) electrons. The van der Waals surface area contributed by atoms with Gasteiger partial charge in [-0.3, -0.25) is 5.32 Å². The highest BCUT2D eigenvalue weighted by atomic mass is 16.7. The first kappa shape index (κ1) is 21.8. The number of aromatic carboxylic acids is 1. The second-order valence-electron chi connectivity index (χ2n) is 6.04. The van der Waals surface area contributed by atoms with E-state index in [1.807, 2.05) is 6.92 Å². The second-order valence-corrected chi connectivity index (χ2v) is 6.04. The largest absolute Gasteiger partial charge is 0.507 e. The number of ether oxygens (including phenoxy) is 2. The normalized spacial score (nSPS) is 11.8. The number of carboxylic acids is 1. The summed E-state index contributed by atoms with van der Waals surface area (Å²) in [5, 5.41) is 20.9. The van der Waals surface area contributed by atoms with Crippen LogP contribution < -0.4 is 5.32 Å². The van der Waals surface area contributed by atoms with E-state index < -0.39 is 24.1 Å². The summed E-state index contributed by atoms with van der Waals surface area (Å²) in [6.07, 6.45) is 6.07. The lowest BCUT2D eigenvalue weighted by atomic mass is 10.1. The topological polar surface area (TPSA) is 105 Å². The molecule has 1 unspecified atom stereocenters. The lowest BCUT2D eigenvalue weighted by Crippen LogP contribution is -2.24. The Morgan fingerprint density at radius 1 is 1.12 bits per heavy atom. The van der Waals surface area contributed by atoms with Gasteiger partial charge in [0.05, 0.1) is 6.61 Å². The zero-order valence-corrected chi connectivity index (χ0v) is 15.5. The molecule has 146 valence electrons. The zero-order valence-electron chi connectivity index (χ0n) is 15.5. The minimum atomic E-state index is -1.24. The maximum Gasteiger partial charge on any atom is 0.413 e. The molecule has 0 saturated heterocycles. The van der Waals surface area contributed by atoms with Crippen molar-refractivity contribution >= 4 is 17.7 Å². The Bertz CT molecular complexity index is 575. The van der Waals surface area contributed by atoms with Crippen molar-refractivity contribution in [3.63, 3.8) is 0 Å². The number of carbonyl (C=O) groups excluding carboxylic acids is 1. The number of rotatable bonds is 12. The molecule has 0 saturated carbocycles. The van der Waals surface area contributed by atoms with Crippen molar-refractivity contribution < 1.29 is 29.3 Å². The molecular formula is C19H29NO6. The number of carbonyl (C=O) groups is 2. The van der Waals surface area contributed by atoms with Crippen LogP contribution in [-0.2, 0) is 9.47 Å². The molecule has 0 fully saturated rings. The molecule has 26 heavy (non-hydrogen) atoms. The standard InChI is InChI=1S/C19H29NO6/c1-3-5-6-7-8-9-12-25-17(4-2)26-19(24)20-14-10-11-15(18(22)23)16(21)13-14/h10-11,13,17,21H,3-9,12H2,1-2H3,(H,20,24)(H,22,23). The number of hydrogen-bond acceptors (Lipinski definition) is 5. The van der Waals surface area contributed by atoms with E-state index in [1.165, 1.54) is 37.8 Å². The fraction of sp³-hybridized carbons (Fsp3) is 0.579. The molecule has 0 aliphatic carbocycles. The average Bonchev–Trinajstić information content (AvgIpc) is 2.59. The van der Waals surface area contributed by atoms with Gasteiger partial charge < -0.3 is 19.7 Å². The van der Waals surface area contributed by atoms with Crippen molar-refractivity contribution in [3.05, 3.63) is 23.8 Å². The Hall–Kier alpha value is -2.28. The van der Waals surface area contributed by atoms with Crippen LogP contribution in [0.2, 0.25) is 0 Å². The molecule has 0 aromatic heterocycles. The lowest BCUT2D eigenvalue weighted by molar-refractivity contribution is -0.102. The lowest BCUT2D eigenvalue weighted by Gasteiger charge is -2.17. The maximum atomic E-state index is 11.9. The minimum Gasteiger partial charge on any atom is -0.507 e. The predicted octanol–water partition coefficient (Wildman–Crippen LogP) is 4.75. The van der Waals surface area contributed by atoms with Gasteiger partial charge >= 0.3 is 12.1 Å². The van der Waals surface area contributed by atoms with E-state index in [4.69, 9.17) is 14.6 Å². The number of hydrogen-bond donors (Lipinski definition) is 3. The molecule has 1 amide bonds. The van der Waals surface area contributed by atoms with Crippen LogP contribution in [0.5, 0.6) is 5.75 Å². The zero-order chi connectivity index (χ0) is 19.4. The number of amides is 1. The Morgan fingerprint density at radius 3 is 2.42 bits per heavy atom. The number of nitrogens with one attached hydrogen (secondary N) is 1. The molecule has 3 N–H and O–H groups in total. The molecule has 0 aliphatic rings. The van der Waals surface area contributed by atoms with Gasteiger partial charge in [-0.15, -0.1) is 0 Å². The van der Waals surface area contributed by atoms with E-state index >= 15 is 0 Å². The van der Waals surface area contributed by atoms with E-state index in [-0.39, 0.29) is 11.3 Å². The van der Waals surface area contributed by atoms with E-state index in [0.29, 0.717) is 13.0 Å². The van der Waals surface area contributed by atoms with Crippen molar-refractivity contribution in [2.45, 2.75) is 65.1 Å². The summed E-state index contributed by atoms with van der Waals surface area (Å²) in [5.41, 5.74) is 0.000833. The Morgan fingerprint density at radius 2 is 1.81 bits per heavy atom. The minimum absolute atomic E-state index is 0.238. The summed E-state index contributed by atoms with van der Waals surface area (Å²) in [5.74, 6) is -1.67. The van der Waals surface area contributed by atoms with Gasteiger partial charge in [0.25, 0.3) is 0 Å².